The zero-order valence-corrected chi connectivity index (χ0v) is 12.8. The van der Waals surface area contributed by atoms with Gasteiger partial charge < -0.3 is 5.73 Å². The molecule has 1 aromatic carbocycles. The van der Waals surface area contributed by atoms with Gasteiger partial charge in [-0.05, 0) is 35.6 Å². The normalized spacial score (nSPS) is 11.8. The second-order valence-electron chi connectivity index (χ2n) is 4.36. The third-order valence-electron chi connectivity index (χ3n) is 2.95. The summed E-state index contributed by atoms with van der Waals surface area (Å²) < 4.78 is 53.3. The van der Waals surface area contributed by atoms with Gasteiger partial charge >= 0.3 is 0 Å². The fourth-order valence-electron chi connectivity index (χ4n) is 1.85. The molecule has 8 heteroatoms. The molecule has 2 rings (SSSR count). The zero-order valence-electron chi connectivity index (χ0n) is 11.2. The van der Waals surface area contributed by atoms with Crippen molar-refractivity contribution in [3.63, 3.8) is 0 Å². The van der Waals surface area contributed by atoms with Crippen molar-refractivity contribution < 1.29 is 17.2 Å². The highest BCUT2D eigenvalue weighted by molar-refractivity contribution is 7.89. The summed E-state index contributed by atoms with van der Waals surface area (Å²) in [5.74, 6) is -2.72. The van der Waals surface area contributed by atoms with Crippen LogP contribution in [0.1, 0.15) is 17.4 Å². The molecule has 0 aliphatic carbocycles. The standard InChI is InChI=1S/C13H14F2N2O2S2/c1-2-8-3-4-20-11(8)7-17-21(18,19)12-6-9(16)5-10(14)13(12)15/h3-6,17H,2,7,16H2,1H3. The van der Waals surface area contributed by atoms with Gasteiger partial charge in [-0.15, -0.1) is 11.3 Å². The first-order valence-corrected chi connectivity index (χ1v) is 8.51. The Morgan fingerprint density at radius 2 is 2.05 bits per heavy atom. The second kappa shape index (κ2) is 6.08. The maximum atomic E-state index is 13.6. The number of rotatable bonds is 5. The molecule has 1 heterocycles. The summed E-state index contributed by atoms with van der Waals surface area (Å²) in [6.45, 7) is 1.98. The van der Waals surface area contributed by atoms with E-state index in [4.69, 9.17) is 5.73 Å². The van der Waals surface area contributed by atoms with E-state index in [1.165, 1.54) is 11.3 Å². The number of nitrogen functional groups attached to an aromatic ring is 1. The lowest BCUT2D eigenvalue weighted by molar-refractivity contribution is 0.484. The van der Waals surface area contributed by atoms with Crippen LogP contribution in [0, 0.1) is 11.6 Å². The summed E-state index contributed by atoms with van der Waals surface area (Å²) in [4.78, 5) is 0.0560. The smallest absolute Gasteiger partial charge is 0.244 e. The van der Waals surface area contributed by atoms with E-state index in [1.54, 1.807) is 0 Å². The van der Waals surface area contributed by atoms with Crippen LogP contribution >= 0.6 is 11.3 Å². The van der Waals surface area contributed by atoms with Crippen molar-refractivity contribution in [1.82, 2.24) is 4.72 Å². The van der Waals surface area contributed by atoms with Crippen LogP contribution in [0.25, 0.3) is 0 Å². The average molecular weight is 332 g/mol. The predicted molar refractivity (Wildman–Crippen MR) is 78.5 cm³/mol. The number of thiophene rings is 1. The zero-order chi connectivity index (χ0) is 15.6. The second-order valence-corrected chi connectivity index (χ2v) is 7.10. The summed E-state index contributed by atoms with van der Waals surface area (Å²) in [5.41, 5.74) is 6.23. The summed E-state index contributed by atoms with van der Waals surface area (Å²) >= 11 is 1.40. The van der Waals surface area contributed by atoms with Crippen LogP contribution < -0.4 is 10.5 Å². The molecule has 3 N–H and O–H groups in total. The Labute approximate surface area is 125 Å². The molecule has 4 nitrogen and oxygen atoms in total. The Morgan fingerprint density at radius 3 is 2.71 bits per heavy atom. The SMILES string of the molecule is CCc1ccsc1CNS(=O)(=O)c1cc(N)cc(F)c1F. The number of nitrogens with two attached hydrogens (primary N) is 1. The fraction of sp³-hybridized carbons (Fsp3) is 0.231. The Bertz CT molecular complexity index is 758. The van der Waals surface area contributed by atoms with Crippen LogP contribution in [0.15, 0.2) is 28.5 Å². The van der Waals surface area contributed by atoms with Crippen LogP contribution in [0.4, 0.5) is 14.5 Å². The van der Waals surface area contributed by atoms with E-state index in [-0.39, 0.29) is 12.2 Å². The van der Waals surface area contributed by atoms with Crippen LogP contribution in [0.5, 0.6) is 0 Å². The maximum absolute atomic E-state index is 13.6. The molecule has 0 unspecified atom stereocenters. The van der Waals surface area contributed by atoms with E-state index >= 15 is 0 Å². The molecule has 1 aromatic heterocycles. The predicted octanol–water partition coefficient (Wildman–Crippen LogP) is 2.65. The number of hydrogen-bond donors (Lipinski definition) is 2. The highest BCUT2D eigenvalue weighted by Gasteiger charge is 2.22. The third kappa shape index (κ3) is 3.39. The van der Waals surface area contributed by atoms with Crippen LogP contribution in [0.3, 0.4) is 0 Å². The molecule has 0 aliphatic rings. The van der Waals surface area contributed by atoms with Gasteiger partial charge in [0.15, 0.2) is 11.6 Å². The molecule has 0 saturated carbocycles. The molecule has 0 atom stereocenters. The molecule has 2 aromatic rings. The van der Waals surface area contributed by atoms with E-state index in [1.807, 2.05) is 18.4 Å². The fourth-order valence-corrected chi connectivity index (χ4v) is 3.98. The molecule has 0 saturated heterocycles. The third-order valence-corrected chi connectivity index (χ3v) is 5.31. The summed E-state index contributed by atoms with van der Waals surface area (Å²) in [6.07, 6.45) is 0.766. The number of aryl methyl sites for hydroxylation is 1. The summed E-state index contributed by atoms with van der Waals surface area (Å²) in [5, 5.41) is 1.85. The van der Waals surface area contributed by atoms with Gasteiger partial charge in [-0.3, -0.25) is 0 Å². The van der Waals surface area contributed by atoms with Gasteiger partial charge in [0.2, 0.25) is 10.0 Å². The van der Waals surface area contributed by atoms with E-state index in [2.05, 4.69) is 4.72 Å². The number of halogens is 2. The van der Waals surface area contributed by atoms with E-state index in [0.717, 1.165) is 29.0 Å². The minimum atomic E-state index is -4.18. The van der Waals surface area contributed by atoms with Crippen molar-refractivity contribution in [2.75, 3.05) is 5.73 Å². The molecular formula is C13H14F2N2O2S2. The van der Waals surface area contributed by atoms with Crippen molar-refractivity contribution in [1.29, 1.82) is 0 Å². The Kier molecular flexibility index (Phi) is 4.60. The van der Waals surface area contributed by atoms with Crippen molar-refractivity contribution in [3.8, 4) is 0 Å². The lowest BCUT2D eigenvalue weighted by Crippen LogP contribution is -2.24. The van der Waals surface area contributed by atoms with Gasteiger partial charge in [0, 0.05) is 17.1 Å². The molecule has 0 bridgehead atoms. The lowest BCUT2D eigenvalue weighted by Gasteiger charge is -2.09. The molecule has 0 spiro atoms. The van der Waals surface area contributed by atoms with Gasteiger partial charge in [0.05, 0.1) is 0 Å². The van der Waals surface area contributed by atoms with Crippen LogP contribution in [-0.4, -0.2) is 8.42 Å². The Morgan fingerprint density at radius 1 is 1.33 bits per heavy atom. The molecule has 0 amide bonds. The minimum Gasteiger partial charge on any atom is -0.399 e. The number of benzene rings is 1. The number of nitrogens with one attached hydrogen (secondary N) is 1. The monoisotopic (exact) mass is 332 g/mol. The highest BCUT2D eigenvalue weighted by atomic mass is 32.2. The van der Waals surface area contributed by atoms with Gasteiger partial charge in [0.25, 0.3) is 0 Å². The highest BCUT2D eigenvalue weighted by Crippen LogP contribution is 2.22. The number of anilines is 1. The Hall–Kier alpha value is -1.51. The van der Waals surface area contributed by atoms with Crippen molar-refractivity contribution in [3.05, 3.63) is 45.7 Å². The molecule has 0 aliphatic heterocycles. The maximum Gasteiger partial charge on any atom is 0.244 e. The van der Waals surface area contributed by atoms with Crippen molar-refractivity contribution in [2.45, 2.75) is 24.8 Å². The molecule has 114 valence electrons. The minimum absolute atomic E-state index is 0.0268. The topological polar surface area (TPSA) is 72.2 Å². The quantitative estimate of drug-likeness (QED) is 0.827. The van der Waals surface area contributed by atoms with Gasteiger partial charge in [0.1, 0.15) is 4.90 Å². The average Bonchev–Trinajstić information content (AvgIpc) is 2.88. The molecular weight excluding hydrogens is 318 g/mol. The first kappa shape index (κ1) is 15.9. The van der Waals surface area contributed by atoms with E-state index < -0.39 is 26.6 Å². The van der Waals surface area contributed by atoms with Crippen molar-refractivity contribution >= 4 is 27.0 Å². The van der Waals surface area contributed by atoms with Crippen molar-refractivity contribution in [2.24, 2.45) is 0 Å². The van der Waals surface area contributed by atoms with E-state index in [0.29, 0.717) is 0 Å². The van der Waals surface area contributed by atoms with Gasteiger partial charge in [-0.1, -0.05) is 6.92 Å². The van der Waals surface area contributed by atoms with E-state index in [9.17, 15) is 17.2 Å². The summed E-state index contributed by atoms with van der Waals surface area (Å²) in [7, 11) is -4.18. The number of sulfonamides is 1. The lowest BCUT2D eigenvalue weighted by atomic mass is 10.2. The first-order chi connectivity index (χ1) is 9.85. The molecule has 0 radical (unpaired) electrons. The first-order valence-electron chi connectivity index (χ1n) is 6.14. The van der Waals surface area contributed by atoms with Crippen LogP contribution in [-0.2, 0) is 23.0 Å². The number of hydrogen-bond acceptors (Lipinski definition) is 4. The van der Waals surface area contributed by atoms with Gasteiger partial charge in [-0.2, -0.15) is 0 Å². The largest absolute Gasteiger partial charge is 0.399 e. The van der Waals surface area contributed by atoms with Gasteiger partial charge in [-0.25, -0.2) is 21.9 Å². The Balaban J connectivity index is 2.27. The molecule has 21 heavy (non-hydrogen) atoms. The summed E-state index contributed by atoms with van der Waals surface area (Å²) in [6, 6.07) is 3.54. The van der Waals surface area contributed by atoms with Crippen LogP contribution in [0.2, 0.25) is 0 Å². The molecule has 0 fully saturated rings.